The Morgan fingerprint density at radius 1 is 1.10 bits per heavy atom. The standard InChI is InChI=1S/C18H20N2/c1-14-9-10-17(15(2)13-14)18(20-12-6-11-19)16-7-4-3-5-8-16/h3-5,7-10,13,18,20H,6,12H2,1-2H3. The fraction of sp³-hybridized carbons (Fsp3) is 0.278. The Kier molecular flexibility index (Phi) is 4.92. The van der Waals surface area contributed by atoms with E-state index in [1.807, 2.05) is 6.07 Å². The zero-order valence-electron chi connectivity index (χ0n) is 12.1. The second-order valence-electron chi connectivity index (χ2n) is 5.07. The van der Waals surface area contributed by atoms with Crippen LogP contribution in [0.5, 0.6) is 0 Å². The van der Waals surface area contributed by atoms with Crippen LogP contribution >= 0.6 is 0 Å². The van der Waals surface area contributed by atoms with Crippen LogP contribution in [0.15, 0.2) is 48.5 Å². The van der Waals surface area contributed by atoms with E-state index in [4.69, 9.17) is 5.26 Å². The normalized spacial score (nSPS) is 11.8. The summed E-state index contributed by atoms with van der Waals surface area (Å²) in [7, 11) is 0. The van der Waals surface area contributed by atoms with Crippen molar-refractivity contribution in [1.82, 2.24) is 5.32 Å². The molecule has 0 aromatic heterocycles. The van der Waals surface area contributed by atoms with Crippen LogP contribution in [0.1, 0.15) is 34.7 Å². The van der Waals surface area contributed by atoms with Crippen molar-refractivity contribution < 1.29 is 0 Å². The van der Waals surface area contributed by atoms with Crippen molar-refractivity contribution in [3.63, 3.8) is 0 Å². The molecule has 20 heavy (non-hydrogen) atoms. The van der Waals surface area contributed by atoms with Crippen LogP contribution < -0.4 is 5.32 Å². The first-order valence-electron chi connectivity index (χ1n) is 6.95. The van der Waals surface area contributed by atoms with Gasteiger partial charge in [0.2, 0.25) is 0 Å². The molecule has 102 valence electrons. The molecule has 0 radical (unpaired) electrons. The van der Waals surface area contributed by atoms with Crippen molar-refractivity contribution in [3.8, 4) is 6.07 Å². The Balaban J connectivity index is 2.33. The Hall–Kier alpha value is -2.11. The quantitative estimate of drug-likeness (QED) is 0.831. The molecule has 0 aliphatic carbocycles. The molecule has 0 saturated heterocycles. The predicted molar refractivity (Wildman–Crippen MR) is 82.4 cm³/mol. The molecular weight excluding hydrogens is 244 g/mol. The smallest absolute Gasteiger partial charge is 0.0635 e. The SMILES string of the molecule is Cc1ccc(C(NCCC#N)c2ccccc2)c(C)c1. The van der Waals surface area contributed by atoms with Gasteiger partial charge in [-0.25, -0.2) is 0 Å². The first-order valence-corrected chi connectivity index (χ1v) is 6.95. The Morgan fingerprint density at radius 3 is 2.50 bits per heavy atom. The minimum Gasteiger partial charge on any atom is -0.305 e. The number of nitrogens with one attached hydrogen (secondary N) is 1. The third kappa shape index (κ3) is 3.46. The van der Waals surface area contributed by atoms with Gasteiger partial charge >= 0.3 is 0 Å². The molecule has 0 amide bonds. The summed E-state index contributed by atoms with van der Waals surface area (Å²) in [5.74, 6) is 0. The van der Waals surface area contributed by atoms with Crippen molar-refractivity contribution in [3.05, 3.63) is 70.8 Å². The molecule has 2 aromatic carbocycles. The number of hydrogen-bond acceptors (Lipinski definition) is 2. The van der Waals surface area contributed by atoms with E-state index >= 15 is 0 Å². The monoisotopic (exact) mass is 264 g/mol. The molecule has 2 aromatic rings. The maximum atomic E-state index is 8.72. The highest BCUT2D eigenvalue weighted by Crippen LogP contribution is 2.25. The van der Waals surface area contributed by atoms with Gasteiger partial charge in [-0.3, -0.25) is 0 Å². The highest BCUT2D eigenvalue weighted by molar-refractivity contribution is 5.38. The summed E-state index contributed by atoms with van der Waals surface area (Å²) in [4.78, 5) is 0. The number of nitrogens with zero attached hydrogens (tertiary/aromatic N) is 1. The number of aryl methyl sites for hydroxylation is 2. The summed E-state index contributed by atoms with van der Waals surface area (Å²) in [5.41, 5.74) is 5.07. The highest BCUT2D eigenvalue weighted by atomic mass is 14.9. The molecule has 2 nitrogen and oxygen atoms in total. The van der Waals surface area contributed by atoms with Gasteiger partial charge in [0.15, 0.2) is 0 Å². The lowest BCUT2D eigenvalue weighted by atomic mass is 9.94. The predicted octanol–water partition coefficient (Wildman–Crippen LogP) is 3.90. The molecule has 1 N–H and O–H groups in total. The molecule has 2 rings (SSSR count). The molecule has 0 bridgehead atoms. The van der Waals surface area contributed by atoms with Gasteiger partial charge < -0.3 is 5.32 Å². The molecule has 1 unspecified atom stereocenters. The minimum absolute atomic E-state index is 0.144. The zero-order chi connectivity index (χ0) is 14.4. The average Bonchev–Trinajstić information content (AvgIpc) is 2.46. The van der Waals surface area contributed by atoms with Gasteiger partial charge in [-0.1, -0.05) is 54.1 Å². The summed E-state index contributed by atoms with van der Waals surface area (Å²) in [6.07, 6.45) is 0.522. The van der Waals surface area contributed by atoms with Gasteiger partial charge in [0, 0.05) is 13.0 Å². The van der Waals surface area contributed by atoms with Gasteiger partial charge in [-0.15, -0.1) is 0 Å². The van der Waals surface area contributed by atoms with Crippen molar-refractivity contribution in [2.45, 2.75) is 26.3 Å². The van der Waals surface area contributed by atoms with E-state index in [0.717, 1.165) is 0 Å². The average molecular weight is 264 g/mol. The van der Waals surface area contributed by atoms with E-state index in [0.29, 0.717) is 13.0 Å². The minimum atomic E-state index is 0.144. The van der Waals surface area contributed by atoms with Crippen molar-refractivity contribution in [2.24, 2.45) is 0 Å². The van der Waals surface area contributed by atoms with Crippen molar-refractivity contribution >= 4 is 0 Å². The van der Waals surface area contributed by atoms with Gasteiger partial charge in [0.05, 0.1) is 12.1 Å². The summed E-state index contributed by atoms with van der Waals surface area (Å²) in [5, 5.41) is 12.2. The molecule has 1 atom stereocenters. The van der Waals surface area contributed by atoms with Crippen LogP contribution in [0, 0.1) is 25.2 Å². The van der Waals surface area contributed by atoms with Gasteiger partial charge in [-0.2, -0.15) is 5.26 Å². The van der Waals surface area contributed by atoms with E-state index in [-0.39, 0.29) is 6.04 Å². The maximum absolute atomic E-state index is 8.72. The summed E-state index contributed by atoms with van der Waals surface area (Å²) in [6.45, 7) is 4.95. The molecule has 0 aliphatic rings. The second kappa shape index (κ2) is 6.88. The van der Waals surface area contributed by atoms with E-state index < -0.39 is 0 Å². The molecule has 0 spiro atoms. The number of benzene rings is 2. The van der Waals surface area contributed by atoms with Gasteiger partial charge in [0.25, 0.3) is 0 Å². The van der Waals surface area contributed by atoms with E-state index in [1.165, 1.54) is 22.3 Å². The number of hydrogen-bond donors (Lipinski definition) is 1. The Bertz CT molecular complexity index is 597. The lowest BCUT2D eigenvalue weighted by Crippen LogP contribution is -2.24. The third-order valence-electron chi connectivity index (χ3n) is 3.45. The number of rotatable bonds is 5. The van der Waals surface area contributed by atoms with Crippen LogP contribution in [-0.4, -0.2) is 6.54 Å². The summed E-state index contributed by atoms with van der Waals surface area (Å²) >= 11 is 0. The zero-order valence-corrected chi connectivity index (χ0v) is 12.1. The third-order valence-corrected chi connectivity index (χ3v) is 3.45. The largest absolute Gasteiger partial charge is 0.305 e. The Labute approximate surface area is 121 Å². The lowest BCUT2D eigenvalue weighted by Gasteiger charge is -2.21. The van der Waals surface area contributed by atoms with Crippen LogP contribution in [0.2, 0.25) is 0 Å². The van der Waals surface area contributed by atoms with Crippen molar-refractivity contribution in [2.75, 3.05) is 6.54 Å². The van der Waals surface area contributed by atoms with E-state index in [1.54, 1.807) is 0 Å². The van der Waals surface area contributed by atoms with Crippen LogP contribution in [0.3, 0.4) is 0 Å². The van der Waals surface area contributed by atoms with Gasteiger partial charge in [0.1, 0.15) is 0 Å². The molecule has 0 aliphatic heterocycles. The van der Waals surface area contributed by atoms with Crippen molar-refractivity contribution in [1.29, 1.82) is 5.26 Å². The topological polar surface area (TPSA) is 35.8 Å². The molecule has 0 heterocycles. The molecular formula is C18H20N2. The molecule has 0 fully saturated rings. The first-order chi connectivity index (χ1) is 9.72. The van der Waals surface area contributed by atoms with E-state index in [2.05, 4.69) is 67.7 Å². The van der Waals surface area contributed by atoms with Crippen LogP contribution in [-0.2, 0) is 0 Å². The van der Waals surface area contributed by atoms with E-state index in [9.17, 15) is 0 Å². The molecule has 2 heteroatoms. The van der Waals surface area contributed by atoms with Crippen LogP contribution in [0.4, 0.5) is 0 Å². The maximum Gasteiger partial charge on any atom is 0.0635 e. The summed E-state index contributed by atoms with van der Waals surface area (Å²) < 4.78 is 0. The molecule has 0 saturated carbocycles. The lowest BCUT2D eigenvalue weighted by molar-refractivity contribution is 0.610. The fourth-order valence-electron chi connectivity index (χ4n) is 2.47. The van der Waals surface area contributed by atoms with Crippen LogP contribution in [0.25, 0.3) is 0 Å². The second-order valence-corrected chi connectivity index (χ2v) is 5.07. The summed E-state index contributed by atoms with van der Waals surface area (Å²) in [6, 6.07) is 19.3. The first kappa shape index (κ1) is 14.3. The Morgan fingerprint density at radius 2 is 1.85 bits per heavy atom. The number of nitriles is 1. The highest BCUT2D eigenvalue weighted by Gasteiger charge is 2.15. The van der Waals surface area contributed by atoms with Gasteiger partial charge in [-0.05, 0) is 30.5 Å². The fourth-order valence-corrected chi connectivity index (χ4v) is 2.47.